The third-order valence-electron chi connectivity index (χ3n) is 2.73. The van der Waals surface area contributed by atoms with Crippen molar-refractivity contribution in [3.05, 3.63) is 34.2 Å². The Bertz CT molecular complexity index is 761. The molecule has 0 aliphatic heterocycles. The molecule has 1 amide bonds. The third-order valence-corrected chi connectivity index (χ3v) is 2.73. The molecule has 0 aliphatic carbocycles. The quantitative estimate of drug-likeness (QED) is 0.629. The monoisotopic (exact) mass is 277 g/mol. The van der Waals surface area contributed by atoms with Gasteiger partial charge in [0.05, 0.1) is 7.11 Å². The van der Waals surface area contributed by atoms with Crippen LogP contribution in [0.1, 0.15) is 5.56 Å². The first-order chi connectivity index (χ1) is 9.43. The predicted molar refractivity (Wildman–Crippen MR) is 70.0 cm³/mol. The van der Waals surface area contributed by atoms with Crippen LogP contribution in [0.3, 0.4) is 0 Å². The van der Waals surface area contributed by atoms with E-state index in [4.69, 9.17) is 14.3 Å². The summed E-state index contributed by atoms with van der Waals surface area (Å²) in [5.41, 5.74) is 0.126. The Morgan fingerprint density at radius 2 is 2.05 bits per heavy atom. The molecule has 7 heteroatoms. The molecule has 2 N–H and O–H groups in total. The van der Waals surface area contributed by atoms with Crippen molar-refractivity contribution in [1.82, 2.24) is 0 Å². The average molecular weight is 277 g/mol. The van der Waals surface area contributed by atoms with Gasteiger partial charge in [-0.05, 0) is 24.6 Å². The number of fused-ring (bicyclic) bond motifs is 1. The molecule has 0 atom stereocenters. The van der Waals surface area contributed by atoms with Crippen LogP contribution in [0.2, 0.25) is 0 Å². The van der Waals surface area contributed by atoms with Crippen molar-refractivity contribution in [1.29, 1.82) is 0 Å². The second-order valence-electron chi connectivity index (χ2n) is 4.03. The van der Waals surface area contributed by atoms with Gasteiger partial charge < -0.3 is 19.6 Å². The number of carbonyl (C=O) groups is 2. The van der Waals surface area contributed by atoms with Crippen LogP contribution in [0, 0.1) is 6.92 Å². The fourth-order valence-corrected chi connectivity index (χ4v) is 1.82. The number of methoxy groups -OCH3 is 1. The van der Waals surface area contributed by atoms with E-state index >= 15 is 0 Å². The zero-order chi connectivity index (χ0) is 14.9. The Hall–Kier alpha value is -2.83. The highest BCUT2D eigenvalue weighted by atomic mass is 16.5. The number of carboxylic acids is 1. The summed E-state index contributed by atoms with van der Waals surface area (Å²) in [6.45, 7) is 1.70. The van der Waals surface area contributed by atoms with E-state index < -0.39 is 17.5 Å². The van der Waals surface area contributed by atoms with Crippen LogP contribution < -0.4 is 15.7 Å². The van der Waals surface area contributed by atoms with E-state index in [9.17, 15) is 14.4 Å². The van der Waals surface area contributed by atoms with E-state index in [0.29, 0.717) is 10.9 Å². The SMILES string of the molecule is COc1ccc2c(C)cc(=O)oc2c1NC(=O)C(=O)O. The number of carboxylic acid groups (broad SMARTS) is 1. The van der Waals surface area contributed by atoms with Gasteiger partial charge in [0.25, 0.3) is 0 Å². The maximum atomic E-state index is 11.4. The lowest BCUT2D eigenvalue weighted by molar-refractivity contribution is -0.147. The number of carbonyl (C=O) groups excluding carboxylic acids is 1. The van der Waals surface area contributed by atoms with E-state index in [1.54, 1.807) is 19.1 Å². The van der Waals surface area contributed by atoms with Crippen molar-refractivity contribution in [3.63, 3.8) is 0 Å². The van der Waals surface area contributed by atoms with E-state index in [2.05, 4.69) is 5.32 Å². The van der Waals surface area contributed by atoms with Crippen LogP contribution in [0.5, 0.6) is 5.75 Å². The first-order valence-electron chi connectivity index (χ1n) is 5.59. The molecule has 20 heavy (non-hydrogen) atoms. The van der Waals surface area contributed by atoms with Gasteiger partial charge in [0.1, 0.15) is 11.4 Å². The molecule has 1 aromatic heterocycles. The summed E-state index contributed by atoms with van der Waals surface area (Å²) in [5, 5.41) is 11.4. The molecule has 7 nitrogen and oxygen atoms in total. The Morgan fingerprint density at radius 1 is 1.35 bits per heavy atom. The number of anilines is 1. The number of aryl methyl sites for hydroxylation is 1. The van der Waals surface area contributed by atoms with Crippen molar-refractivity contribution >= 4 is 28.5 Å². The van der Waals surface area contributed by atoms with Gasteiger partial charge in [-0.25, -0.2) is 9.59 Å². The summed E-state index contributed by atoms with van der Waals surface area (Å²) in [4.78, 5) is 33.4. The summed E-state index contributed by atoms with van der Waals surface area (Å²) < 4.78 is 10.1. The number of rotatable bonds is 2. The number of amides is 1. The number of hydrogen-bond donors (Lipinski definition) is 2. The second-order valence-corrected chi connectivity index (χ2v) is 4.03. The van der Waals surface area contributed by atoms with Gasteiger partial charge >= 0.3 is 17.5 Å². The van der Waals surface area contributed by atoms with Crippen LogP contribution >= 0.6 is 0 Å². The molecule has 0 radical (unpaired) electrons. The maximum Gasteiger partial charge on any atom is 0.394 e. The van der Waals surface area contributed by atoms with Gasteiger partial charge in [0.15, 0.2) is 5.58 Å². The fourth-order valence-electron chi connectivity index (χ4n) is 1.82. The first kappa shape index (κ1) is 13.6. The highest BCUT2D eigenvalue weighted by molar-refractivity contribution is 6.37. The number of ether oxygens (including phenoxy) is 1. The molecule has 104 valence electrons. The standard InChI is InChI=1S/C13H11NO6/c1-6-5-9(15)20-11-7(6)3-4-8(19-2)10(11)14-12(16)13(17)18/h3-5H,1-2H3,(H,14,16)(H,17,18). The normalized spacial score (nSPS) is 10.3. The van der Waals surface area contributed by atoms with Crippen LogP contribution in [-0.2, 0) is 9.59 Å². The summed E-state index contributed by atoms with van der Waals surface area (Å²) >= 11 is 0. The Balaban J connectivity index is 2.74. The number of hydrogen-bond acceptors (Lipinski definition) is 5. The van der Waals surface area contributed by atoms with Crippen molar-refractivity contribution in [2.75, 3.05) is 12.4 Å². The molecule has 1 heterocycles. The molecule has 0 saturated carbocycles. The van der Waals surface area contributed by atoms with Gasteiger partial charge in [0, 0.05) is 11.5 Å². The van der Waals surface area contributed by atoms with E-state index in [1.165, 1.54) is 13.2 Å². The van der Waals surface area contributed by atoms with Gasteiger partial charge in [-0.3, -0.25) is 4.79 Å². The van der Waals surface area contributed by atoms with Gasteiger partial charge in [-0.1, -0.05) is 0 Å². The van der Waals surface area contributed by atoms with Crippen LogP contribution in [-0.4, -0.2) is 24.1 Å². The largest absolute Gasteiger partial charge is 0.494 e. The Labute approximate surface area is 112 Å². The highest BCUT2D eigenvalue weighted by Crippen LogP contribution is 2.33. The summed E-state index contributed by atoms with van der Waals surface area (Å²) in [6, 6.07) is 4.51. The zero-order valence-electron chi connectivity index (χ0n) is 10.7. The molecule has 2 rings (SSSR count). The van der Waals surface area contributed by atoms with Crippen molar-refractivity contribution in [2.45, 2.75) is 6.92 Å². The summed E-state index contributed by atoms with van der Waals surface area (Å²) in [7, 11) is 1.35. The lowest BCUT2D eigenvalue weighted by Gasteiger charge is -2.11. The van der Waals surface area contributed by atoms with E-state index in [1.807, 2.05) is 0 Å². The maximum absolute atomic E-state index is 11.4. The molecule has 0 bridgehead atoms. The van der Waals surface area contributed by atoms with E-state index in [-0.39, 0.29) is 17.0 Å². The minimum absolute atomic E-state index is 0.0122. The fraction of sp³-hybridized carbons (Fsp3) is 0.154. The first-order valence-corrected chi connectivity index (χ1v) is 5.59. The molecular formula is C13H11NO6. The van der Waals surface area contributed by atoms with Gasteiger partial charge in [0.2, 0.25) is 0 Å². The molecule has 1 aromatic carbocycles. The molecule has 0 spiro atoms. The molecule has 2 aromatic rings. The molecule has 0 saturated heterocycles. The molecular weight excluding hydrogens is 266 g/mol. The van der Waals surface area contributed by atoms with Crippen LogP contribution in [0.25, 0.3) is 11.0 Å². The molecule has 0 unspecified atom stereocenters. The lowest BCUT2D eigenvalue weighted by Crippen LogP contribution is -2.22. The number of benzene rings is 1. The van der Waals surface area contributed by atoms with Crippen molar-refractivity contribution in [3.8, 4) is 5.75 Å². The predicted octanol–water partition coefficient (Wildman–Crippen LogP) is 1.13. The number of nitrogens with one attached hydrogen (secondary N) is 1. The van der Waals surface area contributed by atoms with Gasteiger partial charge in [-0.2, -0.15) is 0 Å². The van der Waals surface area contributed by atoms with Crippen molar-refractivity contribution in [2.24, 2.45) is 0 Å². The Morgan fingerprint density at radius 3 is 2.65 bits per heavy atom. The number of aliphatic carboxylic acids is 1. The van der Waals surface area contributed by atoms with Gasteiger partial charge in [-0.15, -0.1) is 0 Å². The van der Waals surface area contributed by atoms with Crippen LogP contribution in [0.15, 0.2) is 27.4 Å². The van der Waals surface area contributed by atoms with Crippen LogP contribution in [0.4, 0.5) is 5.69 Å². The van der Waals surface area contributed by atoms with Crippen molar-refractivity contribution < 1.29 is 23.8 Å². The highest BCUT2D eigenvalue weighted by Gasteiger charge is 2.19. The molecule has 0 fully saturated rings. The second kappa shape index (κ2) is 5.04. The summed E-state index contributed by atoms with van der Waals surface area (Å²) in [6.07, 6.45) is 0. The topological polar surface area (TPSA) is 106 Å². The summed E-state index contributed by atoms with van der Waals surface area (Å²) in [5.74, 6) is -2.71. The lowest BCUT2D eigenvalue weighted by atomic mass is 10.1. The Kier molecular flexibility index (Phi) is 3.43. The molecule has 0 aliphatic rings. The smallest absolute Gasteiger partial charge is 0.394 e. The average Bonchev–Trinajstić information content (AvgIpc) is 2.39. The minimum atomic E-state index is -1.65. The zero-order valence-corrected chi connectivity index (χ0v) is 10.7. The third kappa shape index (κ3) is 2.33. The minimum Gasteiger partial charge on any atom is -0.494 e. The van der Waals surface area contributed by atoms with E-state index in [0.717, 1.165) is 0 Å².